The summed E-state index contributed by atoms with van der Waals surface area (Å²) >= 11 is 0. The van der Waals surface area contributed by atoms with E-state index in [9.17, 15) is 13.2 Å². The number of hydrogen-bond donors (Lipinski definition) is 1. The molecule has 3 heterocycles. The third-order valence-corrected chi connectivity index (χ3v) is 8.89. The molecule has 1 aromatic rings. The maximum atomic E-state index is 13.0. The third-order valence-electron chi connectivity index (χ3n) is 7.48. The van der Waals surface area contributed by atoms with Crippen molar-refractivity contribution in [1.82, 2.24) is 15.1 Å². The number of rotatable bonds is 6. The molecule has 1 atom stereocenters. The summed E-state index contributed by atoms with van der Waals surface area (Å²) < 4.78 is 30.1. The molecule has 0 radical (unpaired) electrons. The van der Waals surface area contributed by atoms with Gasteiger partial charge in [0.15, 0.2) is 0 Å². The second-order valence-corrected chi connectivity index (χ2v) is 11.4. The van der Waals surface area contributed by atoms with E-state index in [0.29, 0.717) is 61.2 Å². The van der Waals surface area contributed by atoms with Gasteiger partial charge in [0, 0.05) is 43.7 Å². The summed E-state index contributed by atoms with van der Waals surface area (Å²) in [5.74, 6) is 0.659. The Hall–Kier alpha value is -2.19. The lowest BCUT2D eigenvalue weighted by Gasteiger charge is -2.34. The van der Waals surface area contributed by atoms with Gasteiger partial charge in [0.25, 0.3) is 10.0 Å². The number of piperidine rings is 2. The van der Waals surface area contributed by atoms with Crippen LogP contribution in [-0.2, 0) is 14.8 Å². The predicted octanol–water partition coefficient (Wildman–Crippen LogP) is 3.56. The van der Waals surface area contributed by atoms with E-state index < -0.39 is 10.0 Å². The van der Waals surface area contributed by atoms with E-state index in [2.05, 4.69) is 26.4 Å². The van der Waals surface area contributed by atoms with Gasteiger partial charge < -0.3 is 10.2 Å². The molecule has 0 bridgehead atoms. The number of amides is 1. The Balaban J connectivity index is 1.36. The highest BCUT2D eigenvalue weighted by Crippen LogP contribution is 2.36. The van der Waals surface area contributed by atoms with Crippen LogP contribution in [0.1, 0.15) is 63.5 Å². The monoisotopic (exact) mass is 486 g/mol. The number of benzene rings is 1. The highest BCUT2D eigenvalue weighted by Gasteiger charge is 2.36. The lowest BCUT2D eigenvalue weighted by molar-refractivity contribution is -0.126. The number of nitrogens with zero attached hydrogens (tertiary/aromatic N) is 3. The minimum absolute atomic E-state index is 0.0285. The molecule has 0 aliphatic carbocycles. The van der Waals surface area contributed by atoms with E-state index in [1.54, 1.807) is 0 Å². The van der Waals surface area contributed by atoms with E-state index in [-0.39, 0.29) is 11.8 Å². The molecule has 8 heteroatoms. The van der Waals surface area contributed by atoms with Crippen molar-refractivity contribution in [2.45, 2.75) is 65.3 Å². The Morgan fingerprint density at radius 2 is 1.79 bits per heavy atom. The van der Waals surface area contributed by atoms with Gasteiger partial charge in [0.2, 0.25) is 5.91 Å². The van der Waals surface area contributed by atoms with Crippen LogP contribution >= 0.6 is 0 Å². The van der Waals surface area contributed by atoms with Crippen molar-refractivity contribution in [2.75, 3.05) is 32.7 Å². The second-order valence-electron chi connectivity index (χ2n) is 9.85. The molecule has 4 rings (SSSR count). The minimum Gasteiger partial charge on any atom is -0.356 e. The van der Waals surface area contributed by atoms with Crippen molar-refractivity contribution in [3.05, 3.63) is 41.0 Å². The summed E-state index contributed by atoms with van der Waals surface area (Å²) in [5, 5.41) is 3.14. The van der Waals surface area contributed by atoms with Crippen molar-refractivity contribution in [3.63, 3.8) is 0 Å². The number of nitrogens with one attached hydrogen (secondary N) is 1. The van der Waals surface area contributed by atoms with Crippen LogP contribution in [0.25, 0.3) is 4.91 Å². The number of likely N-dealkylation sites (tertiary alicyclic amines) is 2. The van der Waals surface area contributed by atoms with Crippen LogP contribution in [0.15, 0.2) is 34.2 Å². The predicted molar refractivity (Wildman–Crippen MR) is 137 cm³/mol. The molecule has 0 unspecified atom stereocenters. The number of hydrogen-bond acceptors (Lipinski definition) is 5. The van der Waals surface area contributed by atoms with Crippen molar-refractivity contribution in [1.29, 1.82) is 0 Å². The Bertz CT molecular complexity index is 1050. The lowest BCUT2D eigenvalue weighted by atomic mass is 9.94. The van der Waals surface area contributed by atoms with Gasteiger partial charge in [-0.25, -0.2) is 0 Å². The first-order valence-corrected chi connectivity index (χ1v) is 14.2. The molecule has 3 aliphatic heterocycles. The zero-order valence-corrected chi connectivity index (χ0v) is 21.5. The molecule has 3 aliphatic rings. The summed E-state index contributed by atoms with van der Waals surface area (Å²) in [5.41, 5.74) is 2.56. The Labute approximate surface area is 204 Å². The first kappa shape index (κ1) is 24.9. The standard InChI is InChI=1S/C26H38N4O3S/c1-4-23-24(21-10-8-19(2)9-11-21)34(32,33)28-25(23)30-16-12-22(13-17-30)26(31)27-14-18-29-15-6-5-7-20(29)3/h8-11,20,22H,4-7,12-18H2,1-3H3,(H,27,31)/t20-/m1/s1. The van der Waals surface area contributed by atoms with Crippen LogP contribution in [0.3, 0.4) is 0 Å². The molecule has 0 saturated carbocycles. The van der Waals surface area contributed by atoms with Crippen molar-refractivity contribution in [3.8, 4) is 0 Å². The molecule has 2 saturated heterocycles. The largest absolute Gasteiger partial charge is 0.356 e. The Morgan fingerprint density at radius 1 is 1.09 bits per heavy atom. The van der Waals surface area contributed by atoms with Crippen LogP contribution in [0.5, 0.6) is 0 Å². The summed E-state index contributed by atoms with van der Waals surface area (Å²) in [4.78, 5) is 17.6. The van der Waals surface area contributed by atoms with Crippen molar-refractivity contribution < 1.29 is 13.2 Å². The molecule has 7 nitrogen and oxygen atoms in total. The van der Waals surface area contributed by atoms with Gasteiger partial charge in [-0.2, -0.15) is 8.42 Å². The first-order valence-electron chi connectivity index (χ1n) is 12.7. The summed E-state index contributed by atoms with van der Waals surface area (Å²) in [6.07, 6.45) is 5.80. The normalized spacial score (nSPS) is 23.8. The van der Waals surface area contributed by atoms with Crippen molar-refractivity contribution >= 4 is 26.7 Å². The molecule has 1 aromatic carbocycles. The van der Waals surface area contributed by atoms with E-state index in [1.165, 1.54) is 19.3 Å². The molecule has 186 valence electrons. The number of sulfonamides is 1. The molecule has 0 aromatic heterocycles. The second kappa shape index (κ2) is 10.6. The van der Waals surface area contributed by atoms with Gasteiger partial charge in [-0.05, 0) is 58.1 Å². The van der Waals surface area contributed by atoms with Gasteiger partial charge in [0.05, 0.1) is 0 Å². The van der Waals surface area contributed by atoms with Crippen molar-refractivity contribution in [2.24, 2.45) is 10.3 Å². The first-order chi connectivity index (χ1) is 16.3. The quantitative estimate of drug-likeness (QED) is 0.665. The molecule has 2 fully saturated rings. The fourth-order valence-electron chi connectivity index (χ4n) is 5.38. The van der Waals surface area contributed by atoms with Gasteiger partial charge in [-0.15, -0.1) is 4.40 Å². The molecule has 1 amide bonds. The Kier molecular flexibility index (Phi) is 7.77. The maximum absolute atomic E-state index is 13.0. The van der Waals surface area contributed by atoms with Gasteiger partial charge in [0.1, 0.15) is 10.7 Å². The topological polar surface area (TPSA) is 82.1 Å². The average Bonchev–Trinajstić information content (AvgIpc) is 3.11. The summed E-state index contributed by atoms with van der Waals surface area (Å²) in [6, 6.07) is 8.18. The van der Waals surface area contributed by atoms with Gasteiger partial charge in [-0.1, -0.05) is 43.2 Å². The Morgan fingerprint density at radius 3 is 2.44 bits per heavy atom. The van der Waals surface area contributed by atoms with Gasteiger partial charge >= 0.3 is 0 Å². The van der Waals surface area contributed by atoms with Crippen LogP contribution in [-0.4, -0.2) is 68.7 Å². The minimum atomic E-state index is -3.73. The number of amidine groups is 1. The zero-order chi connectivity index (χ0) is 24.3. The average molecular weight is 487 g/mol. The van der Waals surface area contributed by atoms with E-state index in [0.717, 1.165) is 24.2 Å². The van der Waals surface area contributed by atoms with Crippen LogP contribution in [0.4, 0.5) is 0 Å². The summed E-state index contributed by atoms with van der Waals surface area (Å²) in [6.45, 7) is 10.2. The smallest absolute Gasteiger partial charge is 0.285 e. The van der Waals surface area contributed by atoms with Gasteiger partial charge in [-0.3, -0.25) is 9.69 Å². The van der Waals surface area contributed by atoms with Crippen LogP contribution < -0.4 is 5.32 Å². The molecule has 0 spiro atoms. The third kappa shape index (κ3) is 5.38. The molecular formula is C26H38N4O3S. The fraction of sp³-hybridized carbons (Fsp3) is 0.615. The fourth-order valence-corrected chi connectivity index (χ4v) is 6.90. The highest BCUT2D eigenvalue weighted by molar-refractivity contribution is 8.00. The molecule has 1 N–H and O–H groups in total. The maximum Gasteiger partial charge on any atom is 0.285 e. The zero-order valence-electron chi connectivity index (χ0n) is 20.7. The van der Waals surface area contributed by atoms with Crippen LogP contribution in [0, 0.1) is 12.8 Å². The van der Waals surface area contributed by atoms with Crippen LogP contribution in [0.2, 0.25) is 0 Å². The molecular weight excluding hydrogens is 448 g/mol. The SMILES string of the molecule is CCC1=C(c2ccc(C)cc2)S(=O)(=O)N=C1N1CCC(C(=O)NCCN2CCCC[C@H]2C)CC1. The molecule has 34 heavy (non-hydrogen) atoms. The number of aryl methyl sites for hydroxylation is 1. The summed E-state index contributed by atoms with van der Waals surface area (Å²) in [7, 11) is -3.73. The van der Waals surface area contributed by atoms with E-state index in [1.807, 2.05) is 38.1 Å². The lowest BCUT2D eigenvalue weighted by Crippen LogP contribution is -2.46. The highest BCUT2D eigenvalue weighted by atomic mass is 32.2. The van der Waals surface area contributed by atoms with E-state index >= 15 is 0 Å². The van der Waals surface area contributed by atoms with E-state index in [4.69, 9.17) is 0 Å². The number of carbonyl (C=O) groups is 1. The number of carbonyl (C=O) groups excluding carboxylic acids is 1.